The van der Waals surface area contributed by atoms with Crippen molar-refractivity contribution >= 4 is 12.4 Å². The van der Waals surface area contributed by atoms with Crippen LogP contribution < -0.4 is 5.32 Å². The first-order valence-corrected chi connectivity index (χ1v) is 7.82. The van der Waals surface area contributed by atoms with Crippen molar-refractivity contribution in [2.45, 2.75) is 46.2 Å². The normalized spacial score (nSPS) is 12.2. The van der Waals surface area contributed by atoms with Crippen molar-refractivity contribution in [2.24, 2.45) is 0 Å². The molecular formula is C17H22N4O3. The van der Waals surface area contributed by atoms with Crippen molar-refractivity contribution < 1.29 is 14.7 Å². The molecule has 1 amide bonds. The summed E-state index contributed by atoms with van der Waals surface area (Å²) in [6, 6.07) is 3.37. The van der Waals surface area contributed by atoms with Gasteiger partial charge in [0.2, 0.25) is 0 Å². The van der Waals surface area contributed by atoms with E-state index in [1.165, 1.54) is 0 Å². The molecule has 128 valence electrons. The highest BCUT2D eigenvalue weighted by Crippen LogP contribution is 2.29. The highest BCUT2D eigenvalue weighted by Gasteiger charge is 2.21. The van der Waals surface area contributed by atoms with E-state index >= 15 is 0 Å². The summed E-state index contributed by atoms with van der Waals surface area (Å²) in [5.41, 5.74) is 2.72. The van der Waals surface area contributed by atoms with Crippen molar-refractivity contribution in [1.29, 1.82) is 0 Å². The smallest absolute Gasteiger partial charge is 0.404 e. The Balaban J connectivity index is 2.49. The molecule has 2 rings (SSSR count). The van der Waals surface area contributed by atoms with Gasteiger partial charge in [0.25, 0.3) is 0 Å². The van der Waals surface area contributed by atoms with Crippen molar-refractivity contribution in [3.05, 3.63) is 35.5 Å². The third kappa shape index (κ3) is 3.61. The number of hydrogen-bond donors (Lipinski definition) is 2. The van der Waals surface area contributed by atoms with Gasteiger partial charge < -0.3 is 15.0 Å². The van der Waals surface area contributed by atoms with Crippen molar-refractivity contribution in [1.82, 2.24) is 19.9 Å². The fourth-order valence-electron chi connectivity index (χ4n) is 2.74. The van der Waals surface area contributed by atoms with Gasteiger partial charge in [-0.3, -0.25) is 9.78 Å². The Morgan fingerprint density at radius 1 is 1.42 bits per heavy atom. The van der Waals surface area contributed by atoms with E-state index in [0.717, 1.165) is 17.5 Å². The lowest BCUT2D eigenvalue weighted by molar-refractivity contribution is 0.111. The molecule has 2 heterocycles. The molecule has 2 aromatic heterocycles. The molecule has 0 bridgehead atoms. The highest BCUT2D eigenvalue weighted by molar-refractivity contribution is 5.85. The number of aromatic nitrogens is 3. The zero-order valence-electron chi connectivity index (χ0n) is 14.3. The first-order chi connectivity index (χ1) is 11.3. The highest BCUT2D eigenvalue weighted by atomic mass is 16.4. The van der Waals surface area contributed by atoms with E-state index in [1.807, 2.05) is 26.0 Å². The van der Waals surface area contributed by atoms with Crippen LogP contribution in [0.5, 0.6) is 0 Å². The summed E-state index contributed by atoms with van der Waals surface area (Å²) in [6.07, 6.45) is 1.39. The molecule has 7 heteroatoms. The lowest BCUT2D eigenvalue weighted by Gasteiger charge is -2.15. The molecule has 0 aromatic carbocycles. The van der Waals surface area contributed by atoms with Crippen LogP contribution in [0.1, 0.15) is 48.7 Å². The van der Waals surface area contributed by atoms with Gasteiger partial charge in [0.15, 0.2) is 6.29 Å². The second-order valence-electron chi connectivity index (χ2n) is 6.06. The maximum absolute atomic E-state index is 11.7. The Morgan fingerprint density at radius 3 is 2.71 bits per heavy atom. The predicted octanol–water partition coefficient (Wildman–Crippen LogP) is 2.85. The van der Waals surface area contributed by atoms with E-state index in [0.29, 0.717) is 23.8 Å². The number of imidazole rings is 1. The van der Waals surface area contributed by atoms with Gasteiger partial charge in [-0.05, 0) is 31.9 Å². The number of carbonyl (C=O) groups excluding carboxylic acids is 1. The summed E-state index contributed by atoms with van der Waals surface area (Å²) in [4.78, 5) is 31.4. The zero-order chi connectivity index (χ0) is 17.9. The Labute approximate surface area is 140 Å². The van der Waals surface area contributed by atoms with Crippen LogP contribution in [0.15, 0.2) is 18.3 Å². The van der Waals surface area contributed by atoms with Gasteiger partial charge in [0.1, 0.15) is 17.2 Å². The molecule has 0 spiro atoms. The first-order valence-electron chi connectivity index (χ1n) is 7.82. The van der Waals surface area contributed by atoms with Gasteiger partial charge in [0, 0.05) is 24.3 Å². The lowest BCUT2D eigenvalue weighted by Crippen LogP contribution is -2.35. The number of carbonyl (C=O) groups is 2. The monoisotopic (exact) mass is 330 g/mol. The second kappa shape index (κ2) is 7.25. The average molecular weight is 330 g/mol. The number of nitrogens with one attached hydrogen (secondary N) is 1. The number of carboxylic acid groups (broad SMARTS) is 1. The van der Waals surface area contributed by atoms with Crippen LogP contribution in [0.2, 0.25) is 0 Å². The molecule has 0 saturated carbocycles. The number of amides is 1. The van der Waals surface area contributed by atoms with Gasteiger partial charge in [0.05, 0.1) is 5.69 Å². The summed E-state index contributed by atoms with van der Waals surface area (Å²) in [6.45, 7) is 7.95. The maximum atomic E-state index is 11.7. The largest absolute Gasteiger partial charge is 0.465 e. The van der Waals surface area contributed by atoms with Crippen LogP contribution in [0.4, 0.5) is 4.79 Å². The van der Waals surface area contributed by atoms with E-state index in [2.05, 4.69) is 15.3 Å². The Bertz CT molecular complexity index is 752. The number of hydrogen-bond acceptors (Lipinski definition) is 4. The third-order valence-corrected chi connectivity index (χ3v) is 3.78. The van der Waals surface area contributed by atoms with Crippen LogP contribution in [0.3, 0.4) is 0 Å². The lowest BCUT2D eigenvalue weighted by atomic mass is 10.0. The maximum Gasteiger partial charge on any atom is 0.404 e. The van der Waals surface area contributed by atoms with Gasteiger partial charge in [-0.1, -0.05) is 13.8 Å². The van der Waals surface area contributed by atoms with Gasteiger partial charge in [-0.2, -0.15) is 0 Å². The topological polar surface area (TPSA) is 97.1 Å². The molecule has 0 aliphatic carbocycles. The summed E-state index contributed by atoms with van der Waals surface area (Å²) in [5, 5.41) is 11.2. The summed E-state index contributed by atoms with van der Waals surface area (Å²) in [5.74, 6) is 0.850. The van der Waals surface area contributed by atoms with Crippen LogP contribution >= 0.6 is 0 Å². The summed E-state index contributed by atoms with van der Waals surface area (Å²) >= 11 is 0. The van der Waals surface area contributed by atoms with Crippen molar-refractivity contribution in [2.75, 3.05) is 0 Å². The second-order valence-corrected chi connectivity index (χ2v) is 6.06. The molecule has 0 aliphatic heterocycles. The fourth-order valence-corrected chi connectivity index (χ4v) is 2.74. The van der Waals surface area contributed by atoms with E-state index in [4.69, 9.17) is 5.11 Å². The minimum Gasteiger partial charge on any atom is -0.465 e. The molecule has 0 aliphatic rings. The number of aldehydes is 1. The number of aryl methyl sites for hydroxylation is 1. The molecule has 1 atom stereocenters. The van der Waals surface area contributed by atoms with Gasteiger partial charge >= 0.3 is 6.09 Å². The van der Waals surface area contributed by atoms with E-state index in [-0.39, 0.29) is 12.0 Å². The molecule has 7 nitrogen and oxygen atoms in total. The molecular weight excluding hydrogens is 308 g/mol. The molecule has 24 heavy (non-hydrogen) atoms. The molecule has 0 saturated heterocycles. The van der Waals surface area contributed by atoms with Gasteiger partial charge in [-0.25, -0.2) is 9.78 Å². The third-order valence-electron chi connectivity index (χ3n) is 3.78. The molecule has 1 unspecified atom stereocenters. The van der Waals surface area contributed by atoms with Crippen molar-refractivity contribution in [3.8, 4) is 11.3 Å². The zero-order valence-corrected chi connectivity index (χ0v) is 14.3. The van der Waals surface area contributed by atoms with Crippen LogP contribution in [-0.4, -0.2) is 38.1 Å². The van der Waals surface area contributed by atoms with E-state index in [1.54, 1.807) is 24.6 Å². The van der Waals surface area contributed by atoms with Gasteiger partial charge in [-0.15, -0.1) is 0 Å². The van der Waals surface area contributed by atoms with Crippen LogP contribution in [0.25, 0.3) is 11.3 Å². The summed E-state index contributed by atoms with van der Waals surface area (Å²) in [7, 11) is 0. The SMILES string of the molecule is Cc1nc(-c2cccnc2C(C)C)c(C=O)n1CC(C)NC(=O)O. The van der Waals surface area contributed by atoms with E-state index < -0.39 is 6.09 Å². The predicted molar refractivity (Wildman–Crippen MR) is 90.3 cm³/mol. The molecule has 2 N–H and O–H groups in total. The quantitative estimate of drug-likeness (QED) is 0.794. The first kappa shape index (κ1) is 17.7. The minimum absolute atomic E-state index is 0.193. The Morgan fingerprint density at radius 2 is 2.12 bits per heavy atom. The van der Waals surface area contributed by atoms with Crippen molar-refractivity contribution in [3.63, 3.8) is 0 Å². The molecule has 0 radical (unpaired) electrons. The van der Waals surface area contributed by atoms with E-state index in [9.17, 15) is 9.59 Å². The summed E-state index contributed by atoms with van der Waals surface area (Å²) < 4.78 is 1.74. The standard InChI is InChI=1S/C17H22N4O3/c1-10(2)15-13(6-5-7-18-15)16-14(9-22)21(12(4)20-16)8-11(3)19-17(23)24/h5-7,9-11,19H,8H2,1-4H3,(H,23,24). The fraction of sp³-hybridized carbons (Fsp3) is 0.412. The van der Waals surface area contributed by atoms with Crippen LogP contribution in [-0.2, 0) is 6.54 Å². The minimum atomic E-state index is -1.09. The Hall–Kier alpha value is -2.70. The number of rotatable bonds is 6. The average Bonchev–Trinajstić information content (AvgIpc) is 2.82. The molecule has 2 aromatic rings. The Kier molecular flexibility index (Phi) is 5.33. The van der Waals surface area contributed by atoms with Crippen LogP contribution in [0, 0.1) is 6.92 Å². The number of nitrogens with zero attached hydrogens (tertiary/aromatic N) is 3. The molecule has 0 fully saturated rings. The number of pyridine rings is 1.